The molecule has 0 aliphatic carbocycles. The number of hydrogen-bond acceptors (Lipinski definition) is 6. The lowest BCUT2D eigenvalue weighted by Crippen LogP contribution is -2.50. The molecule has 0 aromatic heterocycles. The zero-order valence-electron chi connectivity index (χ0n) is 42.9. The Morgan fingerprint density at radius 2 is 0.862 bits per heavy atom. The fourth-order valence-electron chi connectivity index (χ4n) is 7.84. The van der Waals surface area contributed by atoms with Crippen LogP contribution in [0.5, 0.6) is 0 Å². The minimum Gasteiger partial charge on any atom is -0.477 e. The van der Waals surface area contributed by atoms with Crippen molar-refractivity contribution in [3.63, 3.8) is 0 Å². The number of quaternary nitrogens is 1. The number of esters is 2. The summed E-state index contributed by atoms with van der Waals surface area (Å²) in [6.07, 6.45) is 60.1. The quantitative estimate of drug-likeness (QED) is 0.0281. The lowest BCUT2D eigenvalue weighted by atomic mass is 10.0. The number of ether oxygens (including phenoxy) is 3. The summed E-state index contributed by atoms with van der Waals surface area (Å²) in [5.74, 6) is -1.53. The van der Waals surface area contributed by atoms with Gasteiger partial charge in [-0.1, -0.05) is 222 Å². The Morgan fingerprint density at radius 3 is 1.26 bits per heavy atom. The molecule has 2 atom stereocenters. The van der Waals surface area contributed by atoms with Crippen molar-refractivity contribution >= 4 is 17.9 Å². The molecule has 65 heavy (non-hydrogen) atoms. The highest BCUT2D eigenvalue weighted by molar-refractivity contribution is 5.72. The highest BCUT2D eigenvalue weighted by Gasteiger charge is 2.31. The Hall–Kier alpha value is -2.97. The highest BCUT2D eigenvalue weighted by Crippen LogP contribution is 2.17. The number of hydrogen-bond donors (Lipinski definition) is 1. The van der Waals surface area contributed by atoms with Crippen molar-refractivity contribution in [1.82, 2.24) is 0 Å². The van der Waals surface area contributed by atoms with Crippen molar-refractivity contribution in [2.24, 2.45) is 0 Å². The van der Waals surface area contributed by atoms with Crippen molar-refractivity contribution in [3.8, 4) is 0 Å². The topological polar surface area (TPSA) is 99.1 Å². The van der Waals surface area contributed by atoms with E-state index in [1.54, 1.807) is 0 Å². The summed E-state index contributed by atoms with van der Waals surface area (Å²) in [6, 6.07) is -0.627. The minimum absolute atomic E-state index is 0.0384. The van der Waals surface area contributed by atoms with E-state index in [4.69, 9.17) is 14.2 Å². The van der Waals surface area contributed by atoms with Gasteiger partial charge < -0.3 is 23.8 Å². The largest absolute Gasteiger partial charge is 0.477 e. The van der Waals surface area contributed by atoms with E-state index in [9.17, 15) is 19.5 Å². The average Bonchev–Trinajstić information content (AvgIpc) is 3.27. The van der Waals surface area contributed by atoms with E-state index < -0.39 is 18.1 Å². The van der Waals surface area contributed by atoms with E-state index in [0.717, 1.165) is 57.8 Å². The lowest BCUT2D eigenvalue weighted by Gasteiger charge is -2.31. The molecule has 0 rings (SSSR count). The fourth-order valence-corrected chi connectivity index (χ4v) is 7.84. The number of nitrogens with zero attached hydrogens (tertiary/aromatic N) is 1. The van der Waals surface area contributed by atoms with Gasteiger partial charge in [-0.2, -0.15) is 0 Å². The Morgan fingerprint density at radius 1 is 0.477 bits per heavy atom. The summed E-state index contributed by atoms with van der Waals surface area (Å²) in [5.41, 5.74) is 0. The molecule has 0 heterocycles. The van der Waals surface area contributed by atoms with Crippen LogP contribution in [-0.2, 0) is 28.6 Å². The fraction of sp³-hybridized carbons (Fsp3) is 0.772. The van der Waals surface area contributed by atoms with Gasteiger partial charge in [0.15, 0.2) is 12.1 Å². The second kappa shape index (κ2) is 47.5. The summed E-state index contributed by atoms with van der Waals surface area (Å²) < 4.78 is 17.3. The Labute approximate surface area is 400 Å². The first kappa shape index (κ1) is 62.0. The summed E-state index contributed by atoms with van der Waals surface area (Å²) in [6.45, 7) is 4.59. The Bertz CT molecular complexity index is 1250. The first-order valence-corrected chi connectivity index (χ1v) is 26.8. The van der Waals surface area contributed by atoms with Crippen molar-refractivity contribution in [3.05, 3.63) is 60.8 Å². The monoisotopic (exact) mass is 913 g/mol. The van der Waals surface area contributed by atoms with Crippen LogP contribution < -0.4 is 0 Å². The molecule has 0 bridgehead atoms. The van der Waals surface area contributed by atoms with E-state index in [0.29, 0.717) is 19.3 Å². The number of likely N-dealkylation sites (N-methyl/N-ethyl adjacent to an activating group) is 1. The van der Waals surface area contributed by atoms with E-state index >= 15 is 0 Å². The van der Waals surface area contributed by atoms with Crippen molar-refractivity contribution < 1.29 is 38.2 Å². The van der Waals surface area contributed by atoms with E-state index in [1.165, 1.54) is 135 Å². The molecule has 0 aromatic carbocycles. The van der Waals surface area contributed by atoms with Gasteiger partial charge in [-0.25, -0.2) is 4.79 Å². The summed E-state index contributed by atoms with van der Waals surface area (Å²) in [4.78, 5) is 37.2. The zero-order valence-corrected chi connectivity index (χ0v) is 42.9. The molecule has 376 valence electrons. The number of carboxylic acid groups (broad SMARTS) is 1. The molecule has 0 spiro atoms. The molecule has 8 nitrogen and oxygen atoms in total. The van der Waals surface area contributed by atoms with Gasteiger partial charge in [0.05, 0.1) is 34.4 Å². The van der Waals surface area contributed by atoms with Gasteiger partial charge in [-0.3, -0.25) is 9.59 Å². The number of unbranched alkanes of at least 4 members (excludes halogenated alkanes) is 24. The number of allylic oxidation sites excluding steroid dienone is 10. The average molecular weight is 913 g/mol. The smallest absolute Gasteiger partial charge is 0.362 e. The molecule has 0 saturated carbocycles. The van der Waals surface area contributed by atoms with Crippen LogP contribution in [0.1, 0.15) is 232 Å². The van der Waals surface area contributed by atoms with Gasteiger partial charge in [-0.05, 0) is 51.4 Å². The summed E-state index contributed by atoms with van der Waals surface area (Å²) >= 11 is 0. The molecule has 0 aliphatic rings. The van der Waals surface area contributed by atoms with Crippen LogP contribution in [0.25, 0.3) is 0 Å². The maximum absolute atomic E-state index is 12.8. The maximum atomic E-state index is 12.8. The third kappa shape index (κ3) is 46.0. The molecule has 2 unspecified atom stereocenters. The van der Waals surface area contributed by atoms with Gasteiger partial charge >= 0.3 is 17.9 Å². The molecule has 0 radical (unpaired) electrons. The molecule has 1 N–H and O–H groups in total. The van der Waals surface area contributed by atoms with Crippen molar-refractivity contribution in [2.45, 2.75) is 244 Å². The molecule has 0 fully saturated rings. The van der Waals surface area contributed by atoms with Crippen molar-refractivity contribution in [2.75, 3.05) is 41.0 Å². The number of carbonyl (C=O) groups excluding carboxylic acids is 2. The predicted octanol–water partition coefficient (Wildman–Crippen LogP) is 15.7. The standard InChI is InChI=1S/C57H101NO7/c1-6-8-10-12-14-16-18-20-22-24-25-26-27-28-29-30-32-33-35-37-39-41-43-45-47-55(59)64-52-53(51-63-50-49-54(57(61)62)58(3,4)5)65-56(60)48-46-44-42-40-38-36-34-31-23-21-19-17-15-13-11-9-7-2/h9,11,15,17,21,23,34,36,40,42,53-54H,6-8,10,12-14,16,18-20,22,24-33,35,37-39,41,43-52H2,1-5H3/p+1/b11-9-,17-15-,23-21-,36-34-,42-40-. The van der Waals surface area contributed by atoms with E-state index in [-0.39, 0.29) is 42.7 Å². The first-order chi connectivity index (χ1) is 31.6. The van der Waals surface area contributed by atoms with Crippen LogP contribution in [0, 0.1) is 0 Å². The van der Waals surface area contributed by atoms with Gasteiger partial charge in [0.25, 0.3) is 0 Å². The van der Waals surface area contributed by atoms with Crippen LogP contribution >= 0.6 is 0 Å². The van der Waals surface area contributed by atoms with Crippen LogP contribution in [0.4, 0.5) is 0 Å². The van der Waals surface area contributed by atoms with Crippen LogP contribution in [0.15, 0.2) is 60.8 Å². The minimum atomic E-state index is -0.883. The summed E-state index contributed by atoms with van der Waals surface area (Å²) in [7, 11) is 5.52. The number of aliphatic carboxylic acids is 1. The maximum Gasteiger partial charge on any atom is 0.362 e. The third-order valence-electron chi connectivity index (χ3n) is 11.9. The van der Waals surface area contributed by atoms with Gasteiger partial charge in [0, 0.05) is 19.3 Å². The second-order valence-electron chi connectivity index (χ2n) is 19.1. The van der Waals surface area contributed by atoms with Gasteiger partial charge in [0.2, 0.25) is 0 Å². The Kier molecular flexibility index (Phi) is 45.3. The normalized spacial score (nSPS) is 13.3. The van der Waals surface area contributed by atoms with Gasteiger partial charge in [0.1, 0.15) is 6.61 Å². The lowest BCUT2D eigenvalue weighted by molar-refractivity contribution is -0.887. The predicted molar refractivity (Wildman–Crippen MR) is 275 cm³/mol. The molecule has 0 aliphatic heterocycles. The second-order valence-corrected chi connectivity index (χ2v) is 19.1. The third-order valence-corrected chi connectivity index (χ3v) is 11.9. The Balaban J connectivity index is 4.22. The van der Waals surface area contributed by atoms with Crippen LogP contribution in [0.2, 0.25) is 0 Å². The molecule has 0 aromatic rings. The van der Waals surface area contributed by atoms with E-state index in [2.05, 4.69) is 74.6 Å². The molecule has 8 heteroatoms. The number of rotatable bonds is 48. The first-order valence-electron chi connectivity index (χ1n) is 26.8. The van der Waals surface area contributed by atoms with Crippen LogP contribution in [0.3, 0.4) is 0 Å². The molecular formula is C57H102NO7+. The zero-order chi connectivity index (χ0) is 47.7. The van der Waals surface area contributed by atoms with Crippen molar-refractivity contribution in [1.29, 1.82) is 0 Å². The SMILES string of the molecule is CC/C=C\C/C=C\C/C=C\C/C=C\C/C=C\CCCC(=O)OC(COCCC(C(=O)O)[N+](C)(C)C)COC(=O)CCCCCCCCCCCCCCCCCCCCCCCCCC. The number of carboxylic acids is 1. The molecule has 0 amide bonds. The number of carbonyl (C=O) groups is 3. The van der Waals surface area contributed by atoms with Crippen LogP contribution in [-0.4, -0.2) is 80.6 Å². The summed E-state index contributed by atoms with van der Waals surface area (Å²) in [5, 5.41) is 9.65. The van der Waals surface area contributed by atoms with Gasteiger partial charge in [-0.15, -0.1) is 0 Å². The molecular weight excluding hydrogens is 811 g/mol. The van der Waals surface area contributed by atoms with E-state index in [1.807, 2.05) is 21.1 Å². The molecule has 0 saturated heterocycles. The highest BCUT2D eigenvalue weighted by atomic mass is 16.6.